The number of benzene rings is 1. The van der Waals surface area contributed by atoms with Gasteiger partial charge >= 0.3 is 0 Å². The van der Waals surface area contributed by atoms with E-state index in [0.29, 0.717) is 5.57 Å². The average Bonchev–Trinajstić information content (AvgIpc) is 2.30. The normalized spacial score (nSPS) is 10.8. The van der Waals surface area contributed by atoms with Crippen molar-refractivity contribution in [1.82, 2.24) is 0 Å². The van der Waals surface area contributed by atoms with Crippen LogP contribution in [0.25, 0.3) is 0 Å². The van der Waals surface area contributed by atoms with Crippen molar-refractivity contribution in [2.24, 2.45) is 0 Å². The SMILES string of the molecule is C=C(C=CC=CC)C(=O)Nc1ccccc1. The van der Waals surface area contributed by atoms with Gasteiger partial charge in [-0.2, -0.15) is 0 Å². The molecule has 0 aromatic heterocycles. The van der Waals surface area contributed by atoms with Gasteiger partial charge in [-0.25, -0.2) is 0 Å². The van der Waals surface area contributed by atoms with E-state index < -0.39 is 0 Å². The first-order valence-corrected chi connectivity index (χ1v) is 5.08. The predicted octanol–water partition coefficient (Wildman–Crippen LogP) is 3.31. The van der Waals surface area contributed by atoms with Gasteiger partial charge in [-0.15, -0.1) is 0 Å². The van der Waals surface area contributed by atoms with Crippen LogP contribution in [0.3, 0.4) is 0 Å². The number of amides is 1. The third kappa shape index (κ3) is 3.96. The van der Waals surface area contributed by atoms with Crippen molar-refractivity contribution in [1.29, 1.82) is 0 Å². The molecule has 2 heteroatoms. The lowest BCUT2D eigenvalue weighted by Gasteiger charge is -2.03. The molecule has 0 atom stereocenters. The molecule has 0 aliphatic rings. The molecule has 0 aliphatic carbocycles. The molecule has 2 nitrogen and oxygen atoms in total. The molecule has 1 rings (SSSR count). The van der Waals surface area contributed by atoms with E-state index in [4.69, 9.17) is 0 Å². The van der Waals surface area contributed by atoms with Gasteiger partial charge in [0.25, 0.3) is 5.91 Å². The van der Waals surface area contributed by atoms with Crippen molar-refractivity contribution >= 4 is 11.6 Å². The fraction of sp³-hybridized carbons (Fsp3) is 0.0714. The van der Waals surface area contributed by atoms with Crippen LogP contribution in [0.4, 0.5) is 5.69 Å². The topological polar surface area (TPSA) is 29.1 Å². The fourth-order valence-electron chi connectivity index (χ4n) is 1.09. The van der Waals surface area contributed by atoms with Gasteiger partial charge in [0.2, 0.25) is 0 Å². The molecule has 0 saturated heterocycles. The average molecular weight is 213 g/mol. The summed E-state index contributed by atoms with van der Waals surface area (Å²) >= 11 is 0. The van der Waals surface area contributed by atoms with Crippen molar-refractivity contribution in [2.75, 3.05) is 5.32 Å². The lowest BCUT2D eigenvalue weighted by molar-refractivity contribution is -0.112. The second kappa shape index (κ2) is 6.40. The summed E-state index contributed by atoms with van der Waals surface area (Å²) in [5.41, 5.74) is 1.20. The zero-order chi connectivity index (χ0) is 11.8. The van der Waals surface area contributed by atoms with E-state index in [2.05, 4.69) is 11.9 Å². The van der Waals surface area contributed by atoms with Crippen LogP contribution in [-0.2, 0) is 4.79 Å². The van der Waals surface area contributed by atoms with Crippen LogP contribution < -0.4 is 5.32 Å². The zero-order valence-electron chi connectivity index (χ0n) is 9.31. The van der Waals surface area contributed by atoms with Crippen LogP contribution in [0.15, 0.2) is 66.8 Å². The molecule has 0 fully saturated rings. The molecule has 16 heavy (non-hydrogen) atoms. The van der Waals surface area contributed by atoms with E-state index in [1.807, 2.05) is 49.4 Å². The van der Waals surface area contributed by atoms with Crippen LogP contribution in [0.2, 0.25) is 0 Å². The van der Waals surface area contributed by atoms with Crippen molar-refractivity contribution in [3.8, 4) is 0 Å². The number of nitrogens with one attached hydrogen (secondary N) is 1. The van der Waals surface area contributed by atoms with E-state index >= 15 is 0 Å². The largest absolute Gasteiger partial charge is 0.322 e. The first-order valence-electron chi connectivity index (χ1n) is 5.08. The number of para-hydroxylation sites is 1. The number of allylic oxidation sites excluding steroid dienone is 3. The summed E-state index contributed by atoms with van der Waals surface area (Å²) in [7, 11) is 0. The smallest absolute Gasteiger partial charge is 0.255 e. The molecule has 0 aliphatic heterocycles. The third-order valence-corrected chi connectivity index (χ3v) is 1.92. The Morgan fingerprint density at radius 2 is 1.94 bits per heavy atom. The maximum atomic E-state index is 11.6. The summed E-state index contributed by atoms with van der Waals surface area (Å²) in [6, 6.07) is 9.31. The van der Waals surface area contributed by atoms with Crippen LogP contribution in [0.1, 0.15) is 6.92 Å². The Hall–Kier alpha value is -2.09. The van der Waals surface area contributed by atoms with Gasteiger partial charge in [0.1, 0.15) is 0 Å². The van der Waals surface area contributed by atoms with Gasteiger partial charge < -0.3 is 5.32 Å². The molecule has 1 N–H and O–H groups in total. The quantitative estimate of drug-likeness (QED) is 0.603. The Morgan fingerprint density at radius 3 is 2.56 bits per heavy atom. The molecule has 0 heterocycles. The maximum absolute atomic E-state index is 11.6. The van der Waals surface area contributed by atoms with Gasteiger partial charge in [0.15, 0.2) is 0 Å². The van der Waals surface area contributed by atoms with E-state index in [9.17, 15) is 4.79 Å². The molecule has 1 aromatic rings. The van der Waals surface area contributed by atoms with Crippen LogP contribution >= 0.6 is 0 Å². The molecule has 0 bridgehead atoms. The Labute approximate surface area is 96.0 Å². The first kappa shape index (κ1) is 12.0. The monoisotopic (exact) mass is 213 g/mol. The highest BCUT2D eigenvalue weighted by Crippen LogP contribution is 2.07. The second-order valence-electron chi connectivity index (χ2n) is 3.23. The standard InChI is InChI=1S/C14H15NO/c1-3-4-6-9-12(2)14(16)15-13-10-7-5-8-11-13/h3-11H,2H2,1H3,(H,15,16). The summed E-state index contributed by atoms with van der Waals surface area (Å²) in [5, 5.41) is 2.75. The Kier molecular flexibility index (Phi) is 4.80. The Balaban J connectivity index is 2.56. The van der Waals surface area contributed by atoms with Crippen molar-refractivity contribution in [2.45, 2.75) is 6.92 Å². The molecular formula is C14H15NO. The van der Waals surface area contributed by atoms with Gasteiger partial charge in [0.05, 0.1) is 0 Å². The molecule has 1 aromatic carbocycles. The van der Waals surface area contributed by atoms with Gasteiger partial charge in [0, 0.05) is 11.3 Å². The highest BCUT2D eigenvalue weighted by molar-refractivity contribution is 6.05. The number of anilines is 1. The molecular weight excluding hydrogens is 198 g/mol. The first-order chi connectivity index (χ1) is 7.74. The second-order valence-corrected chi connectivity index (χ2v) is 3.23. The lowest BCUT2D eigenvalue weighted by atomic mass is 10.2. The molecule has 1 amide bonds. The Bertz CT molecular complexity index is 416. The van der Waals surface area contributed by atoms with E-state index in [-0.39, 0.29) is 5.91 Å². The predicted molar refractivity (Wildman–Crippen MR) is 68.2 cm³/mol. The minimum atomic E-state index is -0.188. The fourth-order valence-corrected chi connectivity index (χ4v) is 1.09. The summed E-state index contributed by atoms with van der Waals surface area (Å²) in [5.74, 6) is -0.188. The lowest BCUT2D eigenvalue weighted by Crippen LogP contribution is -2.12. The summed E-state index contributed by atoms with van der Waals surface area (Å²) in [4.78, 5) is 11.6. The zero-order valence-corrected chi connectivity index (χ0v) is 9.31. The molecule has 0 unspecified atom stereocenters. The number of rotatable bonds is 4. The summed E-state index contributed by atoms with van der Waals surface area (Å²) in [6.07, 6.45) is 7.20. The van der Waals surface area contributed by atoms with Crippen molar-refractivity contribution in [3.63, 3.8) is 0 Å². The van der Waals surface area contributed by atoms with Gasteiger partial charge in [-0.1, -0.05) is 49.1 Å². The number of carbonyl (C=O) groups is 1. The van der Waals surface area contributed by atoms with E-state index in [0.717, 1.165) is 5.69 Å². The van der Waals surface area contributed by atoms with Gasteiger partial charge in [-0.3, -0.25) is 4.79 Å². The van der Waals surface area contributed by atoms with Crippen LogP contribution in [-0.4, -0.2) is 5.91 Å². The van der Waals surface area contributed by atoms with Crippen molar-refractivity contribution < 1.29 is 4.79 Å². The number of hydrogen-bond acceptors (Lipinski definition) is 1. The minimum Gasteiger partial charge on any atom is -0.322 e. The highest BCUT2D eigenvalue weighted by Gasteiger charge is 2.02. The molecule has 0 radical (unpaired) electrons. The van der Waals surface area contributed by atoms with E-state index in [1.165, 1.54) is 0 Å². The minimum absolute atomic E-state index is 0.188. The maximum Gasteiger partial charge on any atom is 0.255 e. The Morgan fingerprint density at radius 1 is 1.25 bits per heavy atom. The molecule has 0 spiro atoms. The third-order valence-electron chi connectivity index (χ3n) is 1.92. The summed E-state index contributed by atoms with van der Waals surface area (Å²) < 4.78 is 0. The van der Waals surface area contributed by atoms with Crippen molar-refractivity contribution in [3.05, 3.63) is 66.8 Å². The van der Waals surface area contributed by atoms with Crippen LogP contribution in [0, 0.1) is 0 Å². The van der Waals surface area contributed by atoms with Crippen LogP contribution in [0.5, 0.6) is 0 Å². The summed E-state index contributed by atoms with van der Waals surface area (Å²) in [6.45, 7) is 5.60. The van der Waals surface area contributed by atoms with Gasteiger partial charge in [-0.05, 0) is 19.1 Å². The molecule has 0 saturated carbocycles. The highest BCUT2D eigenvalue weighted by atomic mass is 16.1. The number of carbonyl (C=O) groups excluding carboxylic acids is 1. The number of hydrogen-bond donors (Lipinski definition) is 1. The van der Waals surface area contributed by atoms with E-state index in [1.54, 1.807) is 12.2 Å². The molecule has 82 valence electrons.